The summed E-state index contributed by atoms with van der Waals surface area (Å²) in [7, 11) is 1.81. The van der Waals surface area contributed by atoms with Gasteiger partial charge >= 0.3 is 0 Å². The summed E-state index contributed by atoms with van der Waals surface area (Å²) in [4.78, 5) is 14.0. The van der Waals surface area contributed by atoms with E-state index in [1.54, 1.807) is 30.2 Å². The predicted octanol–water partition coefficient (Wildman–Crippen LogP) is 1.58. The Labute approximate surface area is 97.8 Å². The fourth-order valence-corrected chi connectivity index (χ4v) is 1.74. The van der Waals surface area contributed by atoms with Crippen LogP contribution in [0.25, 0.3) is 0 Å². The molecule has 0 atom stereocenters. The molecule has 0 aliphatic carbocycles. The van der Waals surface area contributed by atoms with Gasteiger partial charge in [-0.2, -0.15) is 0 Å². The van der Waals surface area contributed by atoms with Gasteiger partial charge in [0.25, 0.3) is 0 Å². The largest absolute Gasteiger partial charge is 0.386 e. The van der Waals surface area contributed by atoms with Gasteiger partial charge in [0.1, 0.15) is 0 Å². The zero-order valence-corrected chi connectivity index (χ0v) is 9.86. The van der Waals surface area contributed by atoms with E-state index in [1.807, 2.05) is 7.05 Å². The normalized spacial score (nSPS) is 13.9. The van der Waals surface area contributed by atoms with Crippen LogP contribution in [0.4, 0.5) is 5.69 Å². The van der Waals surface area contributed by atoms with Crippen LogP contribution < -0.4 is 10.6 Å². The molecule has 1 fully saturated rings. The van der Waals surface area contributed by atoms with Gasteiger partial charge in [0.15, 0.2) is 0 Å². The van der Waals surface area contributed by atoms with Gasteiger partial charge in [0.2, 0.25) is 5.91 Å². The number of rotatable bonds is 1. The molecule has 15 heavy (non-hydrogen) atoms. The third-order valence-corrected chi connectivity index (χ3v) is 2.79. The lowest BCUT2D eigenvalue weighted by Gasteiger charge is -1.98. The molecule has 2 heterocycles. The number of aromatic nitrogens is 1. The highest BCUT2D eigenvalue weighted by atomic mass is 35.5. The number of halogens is 1. The number of thioether (sulfide) groups is 1. The summed E-state index contributed by atoms with van der Waals surface area (Å²) in [6.07, 6.45) is 3.34. The van der Waals surface area contributed by atoms with E-state index >= 15 is 0 Å². The zero-order valence-electron chi connectivity index (χ0n) is 8.29. The Morgan fingerprint density at radius 1 is 1.67 bits per heavy atom. The minimum absolute atomic E-state index is 0.167. The quantitative estimate of drug-likeness (QED) is 0.789. The van der Waals surface area contributed by atoms with E-state index in [1.165, 1.54) is 0 Å². The van der Waals surface area contributed by atoms with Crippen molar-refractivity contribution < 1.29 is 4.79 Å². The maximum absolute atomic E-state index is 10.1. The summed E-state index contributed by atoms with van der Waals surface area (Å²) in [5.74, 6) is 1.62. The summed E-state index contributed by atoms with van der Waals surface area (Å²) in [6, 6.07) is 1.74. The summed E-state index contributed by atoms with van der Waals surface area (Å²) < 4.78 is 0. The zero-order chi connectivity index (χ0) is 11.1. The minimum Gasteiger partial charge on any atom is -0.386 e. The van der Waals surface area contributed by atoms with Crippen LogP contribution >= 0.6 is 23.4 Å². The Morgan fingerprint density at radius 3 is 2.80 bits per heavy atom. The third-order valence-electron chi connectivity index (χ3n) is 1.64. The first-order valence-electron chi connectivity index (χ1n) is 4.35. The molecule has 0 bridgehead atoms. The standard InChI is InChI=1S/C6H7ClN2.C3H5NOS/c1-8-6-4-9-3-2-5(6)7;5-3-1-6-2-4-3/h2-4,8H,1H3;1-2H2,(H,4,5). The molecule has 1 aromatic rings. The molecule has 1 aliphatic rings. The van der Waals surface area contributed by atoms with Crippen molar-refractivity contribution >= 4 is 35.0 Å². The molecule has 2 rings (SSSR count). The van der Waals surface area contributed by atoms with Gasteiger partial charge in [-0.1, -0.05) is 11.6 Å². The maximum Gasteiger partial charge on any atom is 0.230 e. The van der Waals surface area contributed by atoms with E-state index < -0.39 is 0 Å². The van der Waals surface area contributed by atoms with Crippen LogP contribution in [-0.2, 0) is 4.79 Å². The number of nitrogens with zero attached hydrogens (tertiary/aromatic N) is 1. The van der Waals surface area contributed by atoms with Gasteiger partial charge < -0.3 is 10.6 Å². The molecule has 0 unspecified atom stereocenters. The summed E-state index contributed by atoms with van der Waals surface area (Å²) >= 11 is 7.34. The van der Waals surface area contributed by atoms with Gasteiger partial charge in [0.05, 0.1) is 28.5 Å². The predicted molar refractivity (Wildman–Crippen MR) is 64.3 cm³/mol. The van der Waals surface area contributed by atoms with Crippen LogP contribution in [-0.4, -0.2) is 29.6 Å². The Balaban J connectivity index is 0.000000162. The second-order valence-electron chi connectivity index (χ2n) is 2.70. The molecule has 0 aromatic carbocycles. The summed E-state index contributed by atoms with van der Waals surface area (Å²) in [6.45, 7) is 0. The number of amides is 1. The lowest BCUT2D eigenvalue weighted by Crippen LogP contribution is -2.14. The van der Waals surface area contributed by atoms with Crippen molar-refractivity contribution in [3.05, 3.63) is 23.5 Å². The van der Waals surface area contributed by atoms with Crippen LogP contribution in [0.15, 0.2) is 18.5 Å². The van der Waals surface area contributed by atoms with Gasteiger partial charge in [-0.15, -0.1) is 11.8 Å². The third kappa shape index (κ3) is 4.40. The Kier molecular flexibility index (Phi) is 5.28. The van der Waals surface area contributed by atoms with Gasteiger partial charge in [0, 0.05) is 13.2 Å². The molecule has 1 aliphatic heterocycles. The van der Waals surface area contributed by atoms with Crippen molar-refractivity contribution in [2.75, 3.05) is 24.0 Å². The molecule has 0 spiro atoms. The number of carbonyl (C=O) groups is 1. The number of hydrogen-bond acceptors (Lipinski definition) is 4. The first-order valence-corrected chi connectivity index (χ1v) is 5.89. The van der Waals surface area contributed by atoms with Crippen LogP contribution in [0.1, 0.15) is 0 Å². The Bertz CT molecular complexity index is 327. The molecule has 1 saturated heterocycles. The topological polar surface area (TPSA) is 54.0 Å². The molecule has 1 aromatic heterocycles. The maximum atomic E-state index is 10.1. The SMILES string of the molecule is CNc1cnccc1Cl.O=C1CSCN1. The number of hydrogen-bond donors (Lipinski definition) is 2. The monoisotopic (exact) mass is 245 g/mol. The van der Waals surface area contributed by atoms with Gasteiger partial charge in [-0.25, -0.2) is 0 Å². The highest BCUT2D eigenvalue weighted by Crippen LogP contribution is 2.17. The molecular formula is C9H12ClN3OS. The molecule has 0 saturated carbocycles. The Morgan fingerprint density at radius 2 is 2.47 bits per heavy atom. The number of pyridine rings is 1. The van der Waals surface area contributed by atoms with Crippen LogP contribution in [0.2, 0.25) is 5.02 Å². The van der Waals surface area contributed by atoms with E-state index in [9.17, 15) is 4.79 Å². The highest BCUT2D eigenvalue weighted by molar-refractivity contribution is 8.00. The van der Waals surface area contributed by atoms with Crippen molar-refractivity contribution in [1.82, 2.24) is 10.3 Å². The first kappa shape index (κ1) is 12.1. The van der Waals surface area contributed by atoms with Crippen LogP contribution in [0.3, 0.4) is 0 Å². The average Bonchev–Trinajstić information content (AvgIpc) is 2.71. The molecule has 0 radical (unpaired) electrons. The van der Waals surface area contributed by atoms with Gasteiger partial charge in [-0.3, -0.25) is 9.78 Å². The van der Waals surface area contributed by atoms with Crippen LogP contribution in [0.5, 0.6) is 0 Å². The van der Waals surface area contributed by atoms with E-state index in [4.69, 9.17) is 11.6 Å². The Hall–Kier alpha value is -0.940. The number of nitrogens with one attached hydrogen (secondary N) is 2. The van der Waals surface area contributed by atoms with E-state index in [-0.39, 0.29) is 5.91 Å². The van der Waals surface area contributed by atoms with Crippen molar-refractivity contribution in [3.63, 3.8) is 0 Å². The lowest BCUT2D eigenvalue weighted by molar-refractivity contribution is -0.117. The number of anilines is 1. The second kappa shape index (κ2) is 6.53. The minimum atomic E-state index is 0.167. The first-order chi connectivity index (χ1) is 7.24. The van der Waals surface area contributed by atoms with E-state index in [0.29, 0.717) is 10.8 Å². The summed E-state index contributed by atoms with van der Waals surface area (Å²) in [5, 5.41) is 6.25. The molecule has 4 nitrogen and oxygen atoms in total. The molecule has 2 N–H and O–H groups in total. The van der Waals surface area contributed by atoms with E-state index in [2.05, 4.69) is 15.6 Å². The molecule has 6 heteroatoms. The van der Waals surface area contributed by atoms with E-state index in [0.717, 1.165) is 11.6 Å². The van der Waals surface area contributed by atoms with Crippen molar-refractivity contribution in [1.29, 1.82) is 0 Å². The number of carbonyl (C=O) groups excluding carboxylic acids is 1. The molecule has 1 amide bonds. The van der Waals surface area contributed by atoms with Crippen molar-refractivity contribution in [2.45, 2.75) is 0 Å². The van der Waals surface area contributed by atoms with Gasteiger partial charge in [-0.05, 0) is 6.07 Å². The van der Waals surface area contributed by atoms with Crippen LogP contribution in [0, 0.1) is 0 Å². The fraction of sp³-hybridized carbons (Fsp3) is 0.333. The van der Waals surface area contributed by atoms with Crippen molar-refractivity contribution in [3.8, 4) is 0 Å². The fourth-order valence-electron chi connectivity index (χ4n) is 0.888. The average molecular weight is 246 g/mol. The molecular weight excluding hydrogens is 234 g/mol. The van der Waals surface area contributed by atoms with Crippen molar-refractivity contribution in [2.24, 2.45) is 0 Å². The molecule has 82 valence electrons. The smallest absolute Gasteiger partial charge is 0.230 e. The second-order valence-corrected chi connectivity index (χ2v) is 4.09. The summed E-state index contributed by atoms with van der Waals surface area (Å²) in [5.41, 5.74) is 0.860. The highest BCUT2D eigenvalue weighted by Gasteiger charge is 2.05. The lowest BCUT2D eigenvalue weighted by atomic mass is 10.4.